The Bertz CT molecular complexity index is 716. The maximum Gasteiger partial charge on any atom is 0.390 e. The van der Waals surface area contributed by atoms with Crippen molar-refractivity contribution in [2.24, 2.45) is 0 Å². The molecule has 0 bridgehead atoms. The Morgan fingerprint density at radius 1 is 1.00 bits per heavy atom. The first-order chi connectivity index (χ1) is 9.72. The SMILES string of the molecule is N#Cc1ccc(-c2ccc(OC(=O)C#CBr)cc2)cc1. The number of halogens is 1. The molecular weight excluding hydrogens is 318 g/mol. The van der Waals surface area contributed by atoms with Gasteiger partial charge in [-0.1, -0.05) is 24.3 Å². The van der Waals surface area contributed by atoms with Gasteiger partial charge >= 0.3 is 5.97 Å². The number of ether oxygens (including phenoxy) is 1. The third-order valence-electron chi connectivity index (χ3n) is 2.56. The largest absolute Gasteiger partial charge is 0.417 e. The first-order valence-electron chi connectivity index (χ1n) is 5.67. The number of hydrogen-bond acceptors (Lipinski definition) is 3. The molecule has 0 aromatic heterocycles. The minimum atomic E-state index is -0.618. The fraction of sp³-hybridized carbons (Fsp3) is 0. The molecule has 0 radical (unpaired) electrons. The van der Waals surface area contributed by atoms with E-state index >= 15 is 0 Å². The average Bonchev–Trinajstić information content (AvgIpc) is 2.48. The highest BCUT2D eigenvalue weighted by Gasteiger charge is 2.02. The summed E-state index contributed by atoms with van der Waals surface area (Å²) >= 11 is 2.83. The molecule has 3 nitrogen and oxygen atoms in total. The second-order valence-electron chi connectivity index (χ2n) is 3.82. The Morgan fingerprint density at radius 2 is 1.55 bits per heavy atom. The van der Waals surface area contributed by atoms with Gasteiger partial charge in [-0.25, -0.2) is 4.79 Å². The van der Waals surface area contributed by atoms with Gasteiger partial charge in [0.05, 0.1) is 11.6 Å². The van der Waals surface area contributed by atoms with Crippen molar-refractivity contribution < 1.29 is 9.53 Å². The molecule has 2 rings (SSSR count). The van der Waals surface area contributed by atoms with E-state index in [1.165, 1.54) is 0 Å². The highest BCUT2D eigenvalue weighted by atomic mass is 79.9. The van der Waals surface area contributed by atoms with Gasteiger partial charge in [0, 0.05) is 21.9 Å². The Kier molecular flexibility index (Phi) is 4.55. The summed E-state index contributed by atoms with van der Waals surface area (Å²) in [6.07, 6.45) is 0. The monoisotopic (exact) mass is 325 g/mol. The van der Waals surface area contributed by atoms with Gasteiger partial charge in [-0.15, -0.1) is 0 Å². The average molecular weight is 326 g/mol. The van der Waals surface area contributed by atoms with E-state index in [-0.39, 0.29) is 0 Å². The zero-order chi connectivity index (χ0) is 14.4. The van der Waals surface area contributed by atoms with Crippen molar-refractivity contribution in [3.63, 3.8) is 0 Å². The Labute approximate surface area is 124 Å². The second-order valence-corrected chi connectivity index (χ2v) is 4.22. The van der Waals surface area contributed by atoms with Gasteiger partial charge in [-0.2, -0.15) is 5.26 Å². The highest BCUT2D eigenvalue weighted by molar-refractivity contribution is 9.12. The van der Waals surface area contributed by atoms with Crippen LogP contribution in [-0.4, -0.2) is 5.97 Å². The number of nitrogens with zero attached hydrogens (tertiary/aromatic N) is 1. The van der Waals surface area contributed by atoms with E-state index in [2.05, 4.69) is 32.7 Å². The number of carbonyl (C=O) groups is 1. The summed E-state index contributed by atoms with van der Waals surface area (Å²) in [6.45, 7) is 0. The van der Waals surface area contributed by atoms with Crippen LogP contribution in [0.3, 0.4) is 0 Å². The normalized spacial score (nSPS) is 9.00. The van der Waals surface area contributed by atoms with Crippen molar-refractivity contribution >= 4 is 21.9 Å². The molecule has 0 aliphatic heterocycles. The molecular formula is C16H8BrNO2. The molecule has 0 atom stereocenters. The van der Waals surface area contributed by atoms with Crippen LogP contribution in [0, 0.1) is 22.1 Å². The summed E-state index contributed by atoms with van der Waals surface area (Å²) in [7, 11) is 0. The van der Waals surface area contributed by atoms with Gasteiger partial charge < -0.3 is 4.74 Å². The van der Waals surface area contributed by atoms with Gasteiger partial charge in [0.25, 0.3) is 0 Å². The number of benzene rings is 2. The quantitative estimate of drug-likeness (QED) is 0.482. The molecule has 0 unspecified atom stereocenters. The van der Waals surface area contributed by atoms with Gasteiger partial charge in [0.1, 0.15) is 5.75 Å². The molecule has 0 amide bonds. The molecule has 0 saturated carbocycles. The highest BCUT2D eigenvalue weighted by Crippen LogP contribution is 2.22. The van der Waals surface area contributed by atoms with E-state index in [9.17, 15) is 4.79 Å². The number of rotatable bonds is 2. The van der Waals surface area contributed by atoms with E-state index in [0.29, 0.717) is 11.3 Å². The topological polar surface area (TPSA) is 50.1 Å². The Hall–Kier alpha value is -2.56. The van der Waals surface area contributed by atoms with Crippen molar-refractivity contribution in [2.75, 3.05) is 0 Å². The molecule has 0 saturated heterocycles. The third-order valence-corrected chi connectivity index (χ3v) is 2.76. The van der Waals surface area contributed by atoms with Crippen molar-refractivity contribution in [2.45, 2.75) is 0 Å². The molecule has 0 aliphatic rings. The first kappa shape index (κ1) is 13.9. The summed E-state index contributed by atoms with van der Waals surface area (Å²) in [6, 6.07) is 16.4. The van der Waals surface area contributed by atoms with Gasteiger partial charge in [0.2, 0.25) is 0 Å². The van der Waals surface area contributed by atoms with Crippen molar-refractivity contribution in [1.82, 2.24) is 0 Å². The maximum absolute atomic E-state index is 11.2. The first-order valence-corrected chi connectivity index (χ1v) is 6.46. The van der Waals surface area contributed by atoms with Crippen LogP contribution in [0.1, 0.15) is 5.56 Å². The van der Waals surface area contributed by atoms with Crippen LogP contribution in [0.2, 0.25) is 0 Å². The molecule has 96 valence electrons. The van der Waals surface area contributed by atoms with Crippen molar-refractivity contribution in [1.29, 1.82) is 5.26 Å². The van der Waals surface area contributed by atoms with Crippen LogP contribution >= 0.6 is 15.9 Å². The molecule has 0 aliphatic carbocycles. The van der Waals surface area contributed by atoms with Crippen LogP contribution in [0.5, 0.6) is 5.75 Å². The van der Waals surface area contributed by atoms with Crippen molar-refractivity contribution in [3.8, 4) is 33.7 Å². The minimum absolute atomic E-state index is 0.433. The predicted molar refractivity (Wildman–Crippen MR) is 78.9 cm³/mol. The summed E-state index contributed by atoms with van der Waals surface area (Å²) in [5, 5.41) is 8.75. The van der Waals surface area contributed by atoms with E-state index < -0.39 is 5.97 Å². The van der Waals surface area contributed by atoms with E-state index in [1.807, 2.05) is 24.3 Å². The lowest BCUT2D eigenvalue weighted by molar-refractivity contribution is -0.128. The summed E-state index contributed by atoms with van der Waals surface area (Å²) < 4.78 is 5.00. The standard InChI is InChI=1S/C16H8BrNO2/c17-10-9-16(19)20-15-7-5-14(6-8-15)13-3-1-12(11-18)2-4-13/h1-8H. The molecule has 0 heterocycles. The molecule has 2 aromatic carbocycles. The van der Waals surface area contributed by atoms with E-state index in [4.69, 9.17) is 10.00 Å². The lowest BCUT2D eigenvalue weighted by atomic mass is 10.0. The molecule has 0 spiro atoms. The number of carbonyl (C=O) groups excluding carboxylic acids is 1. The lowest BCUT2D eigenvalue weighted by Gasteiger charge is -2.04. The van der Waals surface area contributed by atoms with Crippen molar-refractivity contribution in [3.05, 3.63) is 54.1 Å². The lowest BCUT2D eigenvalue weighted by Crippen LogP contribution is -2.03. The van der Waals surface area contributed by atoms with Crippen LogP contribution in [-0.2, 0) is 4.79 Å². The number of nitriles is 1. The Balaban J connectivity index is 2.16. The zero-order valence-electron chi connectivity index (χ0n) is 10.3. The second kappa shape index (κ2) is 6.56. The predicted octanol–water partition coefficient (Wildman–Crippen LogP) is 3.49. The minimum Gasteiger partial charge on any atom is -0.417 e. The number of esters is 1. The molecule has 20 heavy (non-hydrogen) atoms. The third kappa shape index (κ3) is 3.47. The molecule has 4 heteroatoms. The van der Waals surface area contributed by atoms with Crippen LogP contribution in [0.4, 0.5) is 0 Å². The zero-order valence-corrected chi connectivity index (χ0v) is 11.8. The fourth-order valence-corrected chi connectivity index (χ4v) is 1.79. The summed E-state index contributed by atoms with van der Waals surface area (Å²) in [4.78, 5) is 13.5. The van der Waals surface area contributed by atoms with Gasteiger partial charge in [0.15, 0.2) is 0 Å². The van der Waals surface area contributed by atoms with Crippen LogP contribution in [0.15, 0.2) is 48.5 Å². The number of hydrogen-bond donors (Lipinski definition) is 0. The van der Waals surface area contributed by atoms with Gasteiger partial charge in [-0.3, -0.25) is 0 Å². The molecule has 2 aromatic rings. The van der Waals surface area contributed by atoms with E-state index in [1.54, 1.807) is 24.3 Å². The Morgan fingerprint density at radius 3 is 2.05 bits per heavy atom. The van der Waals surface area contributed by atoms with E-state index in [0.717, 1.165) is 11.1 Å². The van der Waals surface area contributed by atoms with Crippen LogP contribution < -0.4 is 4.74 Å². The summed E-state index contributed by atoms with van der Waals surface area (Å²) in [5.41, 5.74) is 2.58. The molecule has 0 fully saturated rings. The molecule has 0 N–H and O–H groups in total. The summed E-state index contributed by atoms with van der Waals surface area (Å²) in [5.74, 6) is 2.04. The smallest absolute Gasteiger partial charge is 0.390 e. The maximum atomic E-state index is 11.2. The fourth-order valence-electron chi connectivity index (χ4n) is 1.62. The van der Waals surface area contributed by atoms with Gasteiger partial charge in [-0.05, 0) is 40.2 Å². The van der Waals surface area contributed by atoms with Crippen LogP contribution in [0.25, 0.3) is 11.1 Å².